The Balaban J connectivity index is 0.000000178. The Morgan fingerprint density at radius 1 is 0.541 bits per heavy atom. The monoisotopic (exact) mass is 1150 g/mol. The van der Waals surface area contributed by atoms with Gasteiger partial charge in [-0.2, -0.15) is 0 Å². The number of hydrogen-bond acceptors (Lipinski definition) is 2. The Morgan fingerprint density at radius 2 is 1.03 bits per heavy atom. The summed E-state index contributed by atoms with van der Waals surface area (Å²) in [4.78, 5) is 9.78. The number of nitrogens with zero attached hydrogens (tertiary/aromatic N) is 4. The minimum absolute atomic E-state index is 0. The van der Waals surface area contributed by atoms with Gasteiger partial charge >= 0.3 is 0 Å². The van der Waals surface area contributed by atoms with Crippen LogP contribution in [0.2, 0.25) is 0 Å². The van der Waals surface area contributed by atoms with Crippen LogP contribution in [0.3, 0.4) is 0 Å². The molecule has 4 heterocycles. The minimum Gasteiger partial charge on any atom is -0.333 e. The van der Waals surface area contributed by atoms with Crippen LogP contribution < -0.4 is 0 Å². The molecule has 0 aliphatic carbocycles. The van der Waals surface area contributed by atoms with E-state index < -0.39 is 0 Å². The summed E-state index contributed by atoms with van der Waals surface area (Å²) in [6.45, 7) is 20.3. The second-order valence-corrected chi connectivity index (χ2v) is 18.0. The van der Waals surface area contributed by atoms with Gasteiger partial charge in [-0.1, -0.05) is 126 Å². The normalized spacial score (nSPS) is 11.8. The first kappa shape index (κ1) is 44.1. The number of para-hydroxylation sites is 1. The quantitative estimate of drug-likeness (QED) is 0.127. The summed E-state index contributed by atoms with van der Waals surface area (Å²) in [5, 5.41) is 7.07. The number of benzene rings is 6. The van der Waals surface area contributed by atoms with E-state index in [9.17, 15) is 0 Å². The van der Waals surface area contributed by atoms with Crippen LogP contribution in [-0.2, 0) is 46.6 Å². The molecule has 0 aliphatic rings. The van der Waals surface area contributed by atoms with Crippen LogP contribution in [-0.4, -0.2) is 18.8 Å². The molecule has 0 atom stereocenters. The molecule has 0 N–H and O–H groups in total. The van der Waals surface area contributed by atoms with Gasteiger partial charge in [-0.25, -0.2) is 0 Å². The van der Waals surface area contributed by atoms with Crippen LogP contribution in [0, 0.1) is 31.4 Å². The van der Waals surface area contributed by atoms with E-state index in [-0.39, 0.29) is 45.6 Å². The fraction of sp³-hybridized carbons (Fsp3) is 0.236. The van der Waals surface area contributed by atoms with Crippen LogP contribution in [0.5, 0.6) is 0 Å². The van der Waals surface area contributed by atoms with E-state index in [2.05, 4.69) is 193 Å². The van der Waals surface area contributed by atoms with Gasteiger partial charge in [0, 0.05) is 74.8 Å². The molecule has 312 valence electrons. The van der Waals surface area contributed by atoms with Crippen LogP contribution in [0.1, 0.15) is 88.1 Å². The summed E-state index contributed by atoms with van der Waals surface area (Å²) in [5.74, 6) is 0.875. The van der Waals surface area contributed by atoms with Crippen LogP contribution in [0.25, 0.3) is 77.2 Å². The van der Waals surface area contributed by atoms with Crippen molar-refractivity contribution in [2.24, 2.45) is 5.41 Å². The first-order valence-corrected chi connectivity index (χ1v) is 21.0. The van der Waals surface area contributed by atoms with Gasteiger partial charge in [-0.15, -0.1) is 59.3 Å². The second kappa shape index (κ2) is 17.4. The average molecular weight is 1150 g/mol. The SMILES string of the molecule is CC(C)c1cccc(C(C)C)c1-c1cnc2c3[c-]cccc3c3ccccc3n12.Cc1cccc(C)c1-c1cnc2c3[c-]cccc3c3cc(CC(C)(C)C)ccc3n12.[Ir].[Ir]. The molecule has 0 spiro atoms. The van der Waals surface area contributed by atoms with Crippen molar-refractivity contribution in [1.82, 2.24) is 18.8 Å². The standard InChI is InChI=1S/C28H27N2.C27H25N2.2Ir/c1-18-9-8-10-19(2)26(18)25-17-29-27-22-12-7-6-11-21(22)23-15-20(16-28(3,4)5)13-14-24(23)30(25)27;1-17(2)19-13-9-14-20(18(3)4)26(19)25-16-28-27-23-12-6-5-10-21(23)22-11-7-8-15-24(22)29(25)27;;/h6-11,13-15,17H,16H2,1-5H3;5-11,13-18H,1-4H3;;/q2*-1;;. The molecule has 0 fully saturated rings. The number of fused-ring (bicyclic) bond motifs is 12. The number of hydrogen-bond donors (Lipinski definition) is 0. The predicted octanol–water partition coefficient (Wildman–Crippen LogP) is 14.7. The van der Waals surface area contributed by atoms with Crippen molar-refractivity contribution in [1.29, 1.82) is 0 Å². The van der Waals surface area contributed by atoms with E-state index in [0.29, 0.717) is 11.8 Å². The Labute approximate surface area is 387 Å². The maximum Gasteiger partial charge on any atom is 0.0639 e. The fourth-order valence-corrected chi connectivity index (χ4v) is 9.27. The second-order valence-electron chi connectivity index (χ2n) is 18.0. The zero-order chi connectivity index (χ0) is 41.2. The van der Waals surface area contributed by atoms with E-state index >= 15 is 0 Å². The van der Waals surface area contributed by atoms with Crippen LogP contribution in [0.15, 0.2) is 128 Å². The molecule has 0 bridgehead atoms. The Hall–Kier alpha value is -4.96. The van der Waals surface area contributed by atoms with Crippen molar-refractivity contribution in [3.8, 4) is 22.5 Å². The van der Waals surface area contributed by atoms with Crippen molar-refractivity contribution < 1.29 is 40.2 Å². The first-order chi connectivity index (χ1) is 28.4. The van der Waals surface area contributed by atoms with E-state index in [1.165, 1.54) is 77.2 Å². The molecule has 0 aliphatic heterocycles. The Morgan fingerprint density at radius 3 is 1.59 bits per heavy atom. The largest absolute Gasteiger partial charge is 0.333 e. The summed E-state index contributed by atoms with van der Waals surface area (Å²) in [6, 6.07) is 48.1. The Bertz CT molecular complexity index is 3170. The molecule has 10 rings (SSSR count). The average Bonchev–Trinajstić information content (AvgIpc) is 3.87. The molecule has 10 aromatic rings. The maximum atomic E-state index is 4.91. The van der Waals surface area contributed by atoms with Gasteiger partial charge in [0.15, 0.2) is 0 Å². The van der Waals surface area contributed by atoms with Crippen LogP contribution in [0.4, 0.5) is 0 Å². The van der Waals surface area contributed by atoms with Crippen molar-refractivity contribution in [2.45, 2.75) is 80.6 Å². The molecule has 6 heteroatoms. The third-order valence-electron chi connectivity index (χ3n) is 11.8. The summed E-state index contributed by atoms with van der Waals surface area (Å²) in [6.07, 6.45) is 5.12. The zero-order valence-electron chi connectivity index (χ0n) is 36.4. The van der Waals surface area contributed by atoms with Crippen molar-refractivity contribution in [2.75, 3.05) is 0 Å². The minimum atomic E-state index is 0. The van der Waals surface area contributed by atoms with Crippen LogP contribution >= 0.6 is 0 Å². The van der Waals surface area contributed by atoms with Gasteiger partial charge in [0.05, 0.1) is 22.7 Å². The van der Waals surface area contributed by atoms with Gasteiger partial charge in [0.25, 0.3) is 0 Å². The van der Waals surface area contributed by atoms with Gasteiger partial charge in [0.2, 0.25) is 0 Å². The first-order valence-electron chi connectivity index (χ1n) is 21.0. The Kier molecular flexibility index (Phi) is 12.6. The summed E-state index contributed by atoms with van der Waals surface area (Å²) in [7, 11) is 0. The number of aryl methyl sites for hydroxylation is 2. The molecule has 0 amide bonds. The molecule has 6 aromatic carbocycles. The molecular weight excluding hydrogens is 1100 g/mol. The fourth-order valence-electron chi connectivity index (χ4n) is 9.27. The van der Waals surface area contributed by atoms with E-state index in [1.54, 1.807) is 0 Å². The third-order valence-corrected chi connectivity index (χ3v) is 11.8. The molecule has 2 radical (unpaired) electrons. The summed E-state index contributed by atoms with van der Waals surface area (Å²) >= 11 is 0. The molecule has 4 nitrogen and oxygen atoms in total. The van der Waals surface area contributed by atoms with Crippen molar-refractivity contribution in [3.63, 3.8) is 0 Å². The van der Waals surface area contributed by atoms with Gasteiger partial charge in [-0.3, -0.25) is 9.97 Å². The predicted molar refractivity (Wildman–Crippen MR) is 250 cm³/mol. The van der Waals surface area contributed by atoms with Gasteiger partial charge in [-0.05, 0) is 88.2 Å². The van der Waals surface area contributed by atoms with E-state index in [0.717, 1.165) is 34.2 Å². The molecule has 61 heavy (non-hydrogen) atoms. The van der Waals surface area contributed by atoms with Crippen molar-refractivity contribution >= 4 is 54.6 Å². The van der Waals surface area contributed by atoms with Gasteiger partial charge < -0.3 is 8.80 Å². The van der Waals surface area contributed by atoms with E-state index in [1.807, 2.05) is 18.3 Å². The molecule has 0 saturated carbocycles. The summed E-state index contributed by atoms with van der Waals surface area (Å²) < 4.78 is 4.66. The van der Waals surface area contributed by atoms with Crippen molar-refractivity contribution in [3.05, 3.63) is 168 Å². The number of aromatic nitrogens is 4. The number of rotatable bonds is 5. The van der Waals surface area contributed by atoms with Gasteiger partial charge in [0.1, 0.15) is 0 Å². The molecular formula is C55H52Ir2N4-2. The maximum absolute atomic E-state index is 4.91. The van der Waals surface area contributed by atoms with E-state index in [4.69, 9.17) is 9.97 Å². The molecule has 0 unspecified atom stereocenters. The molecule has 0 saturated heterocycles. The smallest absolute Gasteiger partial charge is 0.0639 e. The summed E-state index contributed by atoms with van der Waals surface area (Å²) in [5.41, 5.74) is 16.1. The topological polar surface area (TPSA) is 34.6 Å². The zero-order valence-corrected chi connectivity index (χ0v) is 41.2. The third kappa shape index (κ3) is 7.90. The number of imidazole rings is 2. The number of pyridine rings is 2. The molecule has 4 aromatic heterocycles.